The van der Waals surface area contributed by atoms with E-state index in [0.29, 0.717) is 23.8 Å². The van der Waals surface area contributed by atoms with Crippen LogP contribution >= 0.6 is 0 Å². The quantitative estimate of drug-likeness (QED) is 0.474. The molecule has 162 valence electrons. The molecule has 1 N–H and O–H groups in total. The van der Waals surface area contributed by atoms with Gasteiger partial charge in [-0.1, -0.05) is 24.2 Å². The summed E-state index contributed by atoms with van der Waals surface area (Å²) in [7, 11) is 0. The Labute approximate surface area is 180 Å². The van der Waals surface area contributed by atoms with Crippen LogP contribution in [-0.2, 0) is 13.0 Å². The molecule has 0 unspecified atom stereocenters. The summed E-state index contributed by atoms with van der Waals surface area (Å²) in [6, 6.07) is 5.78. The van der Waals surface area contributed by atoms with E-state index in [0.717, 1.165) is 46.0 Å². The van der Waals surface area contributed by atoms with Crippen molar-refractivity contribution in [3.05, 3.63) is 58.1 Å². The molecular weight excluding hydrogens is 394 g/mol. The fraction of sp³-hybridized carbons (Fsp3) is 0.391. The monoisotopic (exact) mass is 421 g/mol. The number of aryl methyl sites for hydroxylation is 4. The van der Waals surface area contributed by atoms with E-state index in [9.17, 15) is 4.79 Å². The van der Waals surface area contributed by atoms with Crippen molar-refractivity contribution in [1.82, 2.24) is 19.9 Å². The molecule has 0 spiro atoms. The number of fused-ring (bicyclic) bond motifs is 1. The van der Waals surface area contributed by atoms with E-state index in [1.807, 2.05) is 32.0 Å². The van der Waals surface area contributed by atoms with Gasteiger partial charge in [0.1, 0.15) is 17.3 Å². The molecule has 0 radical (unpaired) electrons. The molecule has 4 aromatic rings. The Kier molecular flexibility index (Phi) is 5.39. The first-order chi connectivity index (χ1) is 14.8. The van der Waals surface area contributed by atoms with Crippen molar-refractivity contribution in [2.75, 3.05) is 5.32 Å². The number of aromatic nitrogens is 4. The van der Waals surface area contributed by atoms with Crippen molar-refractivity contribution in [2.45, 2.75) is 60.4 Å². The van der Waals surface area contributed by atoms with Gasteiger partial charge in [-0.05, 0) is 45.9 Å². The van der Waals surface area contributed by atoms with Crippen LogP contribution in [0.5, 0.6) is 0 Å². The Hall–Kier alpha value is -3.42. The second-order valence-corrected chi connectivity index (χ2v) is 8.07. The summed E-state index contributed by atoms with van der Waals surface area (Å²) < 4.78 is 12.8. The topological polar surface area (TPSA) is 99.0 Å². The molecule has 1 amide bonds. The average molecular weight is 422 g/mol. The van der Waals surface area contributed by atoms with E-state index in [2.05, 4.69) is 41.0 Å². The number of carbonyl (C=O) groups is 1. The molecule has 0 aliphatic heterocycles. The Morgan fingerprint density at radius 3 is 2.45 bits per heavy atom. The number of carbonyl (C=O) groups excluding carboxylic acids is 1. The van der Waals surface area contributed by atoms with E-state index in [-0.39, 0.29) is 11.6 Å². The number of imidazole rings is 1. The van der Waals surface area contributed by atoms with Crippen LogP contribution < -0.4 is 5.32 Å². The molecule has 4 rings (SSSR count). The largest absolute Gasteiger partial charge is 0.361 e. The van der Waals surface area contributed by atoms with Gasteiger partial charge in [-0.15, -0.1) is 0 Å². The molecule has 8 nitrogen and oxygen atoms in total. The minimum absolute atomic E-state index is 0.263. The van der Waals surface area contributed by atoms with Gasteiger partial charge in [0.25, 0.3) is 5.91 Å². The van der Waals surface area contributed by atoms with Crippen molar-refractivity contribution >= 4 is 22.6 Å². The maximum Gasteiger partial charge on any atom is 0.278 e. The van der Waals surface area contributed by atoms with Gasteiger partial charge in [0, 0.05) is 35.7 Å². The molecule has 3 aromatic heterocycles. The number of hydrogen-bond acceptors (Lipinski definition) is 6. The number of hydrogen-bond donors (Lipinski definition) is 1. The standard InChI is InChI=1S/C23H27N5O3/c1-7-28-20-9-8-16(10-19(20)25-22(28)12(2)3)24-23(29)21-18(15(6)31-27-21)11-17-13(4)26-30-14(17)5/h8-10,12H,7,11H2,1-6H3,(H,24,29). The Morgan fingerprint density at radius 2 is 1.81 bits per heavy atom. The zero-order valence-electron chi connectivity index (χ0n) is 18.7. The van der Waals surface area contributed by atoms with Crippen LogP contribution in [0, 0.1) is 20.8 Å². The zero-order valence-corrected chi connectivity index (χ0v) is 18.7. The summed E-state index contributed by atoms with van der Waals surface area (Å²) in [5.74, 6) is 2.36. The summed E-state index contributed by atoms with van der Waals surface area (Å²) >= 11 is 0. The highest BCUT2D eigenvalue weighted by molar-refractivity contribution is 6.04. The summed E-state index contributed by atoms with van der Waals surface area (Å²) in [5.41, 5.74) is 5.30. The Morgan fingerprint density at radius 1 is 1.10 bits per heavy atom. The zero-order chi connectivity index (χ0) is 22.3. The number of rotatable bonds is 6. The maximum atomic E-state index is 13.0. The lowest BCUT2D eigenvalue weighted by Crippen LogP contribution is -2.15. The molecule has 8 heteroatoms. The number of nitrogens with one attached hydrogen (secondary N) is 1. The van der Waals surface area contributed by atoms with Crippen LogP contribution in [-0.4, -0.2) is 25.8 Å². The Balaban J connectivity index is 1.62. The number of anilines is 1. The third-order valence-electron chi connectivity index (χ3n) is 5.60. The lowest BCUT2D eigenvalue weighted by atomic mass is 10.0. The van der Waals surface area contributed by atoms with Gasteiger partial charge in [-0.3, -0.25) is 4.79 Å². The molecule has 3 heterocycles. The smallest absolute Gasteiger partial charge is 0.278 e. The average Bonchev–Trinajstić information content (AvgIpc) is 3.38. The summed E-state index contributed by atoms with van der Waals surface area (Å²) in [6.07, 6.45) is 0.469. The third kappa shape index (κ3) is 3.73. The normalized spacial score (nSPS) is 11.6. The van der Waals surface area contributed by atoms with Gasteiger partial charge in [-0.25, -0.2) is 4.98 Å². The van der Waals surface area contributed by atoms with Crippen LogP contribution in [0.1, 0.15) is 71.3 Å². The first kappa shape index (κ1) is 20.8. The van der Waals surface area contributed by atoms with E-state index in [4.69, 9.17) is 14.0 Å². The van der Waals surface area contributed by atoms with Gasteiger partial charge in [0.15, 0.2) is 5.69 Å². The van der Waals surface area contributed by atoms with Crippen LogP contribution in [0.3, 0.4) is 0 Å². The van der Waals surface area contributed by atoms with Crippen molar-refractivity contribution in [3.63, 3.8) is 0 Å². The van der Waals surface area contributed by atoms with Crippen LogP contribution in [0.4, 0.5) is 5.69 Å². The SMILES string of the molecule is CCn1c(C(C)C)nc2cc(NC(=O)c3noc(C)c3Cc3c(C)noc3C)ccc21. The van der Waals surface area contributed by atoms with Crippen molar-refractivity contribution in [2.24, 2.45) is 0 Å². The van der Waals surface area contributed by atoms with Gasteiger partial charge < -0.3 is 18.9 Å². The van der Waals surface area contributed by atoms with E-state index in [1.54, 1.807) is 6.92 Å². The highest BCUT2D eigenvalue weighted by atomic mass is 16.5. The van der Waals surface area contributed by atoms with Crippen LogP contribution in [0.15, 0.2) is 27.2 Å². The molecule has 0 saturated carbocycles. The fourth-order valence-electron chi connectivity index (χ4n) is 3.90. The van der Waals surface area contributed by atoms with Crippen molar-refractivity contribution in [1.29, 1.82) is 0 Å². The minimum Gasteiger partial charge on any atom is -0.361 e. The molecule has 0 saturated heterocycles. The predicted molar refractivity (Wildman–Crippen MR) is 117 cm³/mol. The number of amides is 1. The van der Waals surface area contributed by atoms with Gasteiger partial charge in [0.2, 0.25) is 0 Å². The summed E-state index contributed by atoms with van der Waals surface area (Å²) in [4.78, 5) is 17.8. The number of benzene rings is 1. The third-order valence-corrected chi connectivity index (χ3v) is 5.60. The first-order valence-corrected chi connectivity index (χ1v) is 10.5. The highest BCUT2D eigenvalue weighted by Crippen LogP contribution is 2.26. The van der Waals surface area contributed by atoms with E-state index in [1.165, 1.54) is 0 Å². The second kappa shape index (κ2) is 8.02. The molecule has 1 aromatic carbocycles. The van der Waals surface area contributed by atoms with Crippen LogP contribution in [0.25, 0.3) is 11.0 Å². The molecule has 0 bridgehead atoms. The van der Waals surface area contributed by atoms with E-state index >= 15 is 0 Å². The van der Waals surface area contributed by atoms with Crippen molar-refractivity contribution in [3.8, 4) is 0 Å². The molecule has 0 aliphatic carbocycles. The van der Waals surface area contributed by atoms with E-state index < -0.39 is 0 Å². The van der Waals surface area contributed by atoms with Crippen LogP contribution in [0.2, 0.25) is 0 Å². The maximum absolute atomic E-state index is 13.0. The lowest BCUT2D eigenvalue weighted by Gasteiger charge is -2.08. The predicted octanol–water partition coefficient (Wildman–Crippen LogP) is 4.92. The summed E-state index contributed by atoms with van der Waals surface area (Å²) in [6.45, 7) is 12.7. The van der Waals surface area contributed by atoms with Gasteiger partial charge in [0.05, 0.1) is 16.7 Å². The molecule has 31 heavy (non-hydrogen) atoms. The lowest BCUT2D eigenvalue weighted by molar-refractivity contribution is 0.101. The second-order valence-electron chi connectivity index (χ2n) is 8.07. The fourth-order valence-corrected chi connectivity index (χ4v) is 3.90. The van der Waals surface area contributed by atoms with Gasteiger partial charge in [-0.2, -0.15) is 0 Å². The highest BCUT2D eigenvalue weighted by Gasteiger charge is 2.23. The molecule has 0 fully saturated rings. The van der Waals surface area contributed by atoms with Gasteiger partial charge >= 0.3 is 0 Å². The molecule has 0 atom stereocenters. The molecular formula is C23H27N5O3. The Bertz CT molecular complexity index is 1240. The number of nitrogens with zero attached hydrogens (tertiary/aromatic N) is 4. The first-order valence-electron chi connectivity index (χ1n) is 10.5. The summed E-state index contributed by atoms with van der Waals surface area (Å²) in [5, 5.41) is 10.9. The minimum atomic E-state index is -0.322. The molecule has 0 aliphatic rings. The van der Waals surface area contributed by atoms with Crippen molar-refractivity contribution < 1.29 is 13.8 Å².